The van der Waals surface area contributed by atoms with Crippen LogP contribution in [0.3, 0.4) is 0 Å². The largest absolute Gasteiger partial charge is 0.481 e. The van der Waals surface area contributed by atoms with E-state index < -0.39 is 5.97 Å². The molecular weight excluding hydrogens is 286 g/mol. The number of carboxylic acids is 1. The molecule has 1 N–H and O–H groups in total. The molecule has 0 saturated carbocycles. The third-order valence-corrected chi connectivity index (χ3v) is 4.19. The Morgan fingerprint density at radius 1 is 1.42 bits per heavy atom. The summed E-state index contributed by atoms with van der Waals surface area (Å²) in [5.41, 5.74) is 0. The zero-order valence-electron chi connectivity index (χ0n) is 9.87. The molecule has 0 aliphatic carbocycles. The number of hydrogen-bond acceptors (Lipinski definition) is 5. The van der Waals surface area contributed by atoms with Crippen LogP contribution >= 0.6 is 23.1 Å². The molecule has 1 aliphatic rings. The normalized spacial score (nSPS) is 17.5. The van der Waals surface area contributed by atoms with Gasteiger partial charge >= 0.3 is 5.97 Å². The molecule has 7 heteroatoms. The van der Waals surface area contributed by atoms with Gasteiger partial charge in [-0.25, -0.2) is 0 Å². The van der Waals surface area contributed by atoms with E-state index in [9.17, 15) is 14.4 Å². The van der Waals surface area contributed by atoms with Gasteiger partial charge in [-0.1, -0.05) is 6.07 Å². The van der Waals surface area contributed by atoms with Crippen molar-refractivity contribution in [3.63, 3.8) is 0 Å². The quantitative estimate of drug-likeness (QED) is 0.846. The van der Waals surface area contributed by atoms with E-state index >= 15 is 0 Å². The van der Waals surface area contributed by atoms with Gasteiger partial charge in [-0.2, -0.15) is 0 Å². The van der Waals surface area contributed by atoms with E-state index in [0.717, 1.165) is 21.5 Å². The molecule has 1 aromatic heterocycles. The number of thioether (sulfide) groups is 1. The summed E-state index contributed by atoms with van der Waals surface area (Å²) >= 11 is 2.38. The van der Waals surface area contributed by atoms with Crippen LogP contribution in [0, 0.1) is 0 Å². The average molecular weight is 297 g/mol. The number of carboxylic acid groups (broad SMARTS) is 1. The highest BCUT2D eigenvalue weighted by atomic mass is 32.2. The molecule has 19 heavy (non-hydrogen) atoms. The van der Waals surface area contributed by atoms with E-state index in [1.54, 1.807) is 6.08 Å². The summed E-state index contributed by atoms with van der Waals surface area (Å²) < 4.78 is 0. The van der Waals surface area contributed by atoms with E-state index in [1.807, 2.05) is 17.5 Å². The Bertz CT molecular complexity index is 536. The van der Waals surface area contributed by atoms with Crippen LogP contribution in [0.2, 0.25) is 0 Å². The highest BCUT2D eigenvalue weighted by molar-refractivity contribution is 8.18. The minimum atomic E-state index is -0.930. The van der Waals surface area contributed by atoms with E-state index in [0.29, 0.717) is 4.91 Å². The standard InChI is InChI=1S/C12H11NO4S2/c14-10(15)4-1-5-13-11(16)9(19-12(13)17)7-8-3-2-6-18-8/h2-3,6-7H,1,4-5H2,(H,14,15)/b9-7-. The van der Waals surface area contributed by atoms with E-state index in [4.69, 9.17) is 5.11 Å². The second-order valence-corrected chi connectivity index (χ2v) is 5.82. The van der Waals surface area contributed by atoms with Crippen molar-refractivity contribution in [2.24, 2.45) is 0 Å². The monoisotopic (exact) mass is 297 g/mol. The second kappa shape index (κ2) is 6.03. The number of carbonyl (C=O) groups excluding carboxylic acids is 2. The topological polar surface area (TPSA) is 74.7 Å². The molecule has 0 bridgehead atoms. The average Bonchev–Trinajstić information content (AvgIpc) is 2.93. The molecule has 1 aliphatic heterocycles. The van der Waals surface area contributed by atoms with Crippen LogP contribution < -0.4 is 0 Å². The smallest absolute Gasteiger partial charge is 0.303 e. The molecular formula is C12H11NO4S2. The van der Waals surface area contributed by atoms with Gasteiger partial charge in [0.05, 0.1) is 4.91 Å². The fraction of sp³-hybridized carbons (Fsp3) is 0.250. The number of nitrogens with zero attached hydrogens (tertiary/aromatic N) is 1. The summed E-state index contributed by atoms with van der Waals surface area (Å²) in [4.78, 5) is 36.5. The molecule has 0 spiro atoms. The molecule has 0 unspecified atom stereocenters. The summed E-state index contributed by atoms with van der Waals surface area (Å²) in [5.74, 6) is -1.27. The zero-order chi connectivity index (χ0) is 13.8. The first-order valence-electron chi connectivity index (χ1n) is 5.58. The summed E-state index contributed by atoms with van der Waals surface area (Å²) in [6, 6.07) is 3.73. The van der Waals surface area contributed by atoms with Crippen LogP contribution in [0.25, 0.3) is 6.08 Å². The van der Waals surface area contributed by atoms with Crippen molar-refractivity contribution in [1.82, 2.24) is 4.90 Å². The molecule has 1 fully saturated rings. The van der Waals surface area contributed by atoms with Crippen LogP contribution in [0.4, 0.5) is 4.79 Å². The number of amides is 2. The van der Waals surface area contributed by atoms with Crippen molar-refractivity contribution in [3.8, 4) is 0 Å². The molecule has 1 aromatic rings. The third-order valence-electron chi connectivity index (χ3n) is 2.46. The fourth-order valence-electron chi connectivity index (χ4n) is 1.58. The van der Waals surface area contributed by atoms with Crippen molar-refractivity contribution in [3.05, 3.63) is 27.3 Å². The lowest BCUT2D eigenvalue weighted by Gasteiger charge is -2.10. The van der Waals surface area contributed by atoms with Gasteiger partial charge in [-0.3, -0.25) is 19.3 Å². The van der Waals surface area contributed by atoms with Gasteiger partial charge in [0, 0.05) is 17.8 Å². The summed E-state index contributed by atoms with van der Waals surface area (Å²) in [6.45, 7) is 0.152. The highest BCUT2D eigenvalue weighted by Crippen LogP contribution is 2.32. The van der Waals surface area contributed by atoms with Crippen molar-refractivity contribution < 1.29 is 19.5 Å². The Balaban J connectivity index is 2.02. The Kier molecular flexibility index (Phi) is 4.39. The summed E-state index contributed by atoms with van der Waals surface area (Å²) in [7, 11) is 0. The highest BCUT2D eigenvalue weighted by Gasteiger charge is 2.34. The molecule has 0 aromatic carbocycles. The lowest BCUT2D eigenvalue weighted by molar-refractivity contribution is -0.137. The van der Waals surface area contributed by atoms with Gasteiger partial charge < -0.3 is 5.11 Å². The maximum absolute atomic E-state index is 12.0. The molecule has 100 valence electrons. The second-order valence-electron chi connectivity index (χ2n) is 3.85. The zero-order valence-corrected chi connectivity index (χ0v) is 11.5. The minimum Gasteiger partial charge on any atom is -0.481 e. The number of rotatable bonds is 5. The van der Waals surface area contributed by atoms with Crippen molar-refractivity contribution >= 4 is 46.3 Å². The predicted octanol–water partition coefficient (Wildman–Crippen LogP) is 2.65. The Labute approximate surface area is 117 Å². The van der Waals surface area contributed by atoms with Crippen LogP contribution in [0.15, 0.2) is 22.4 Å². The van der Waals surface area contributed by atoms with Gasteiger partial charge in [0.2, 0.25) is 0 Å². The lowest BCUT2D eigenvalue weighted by atomic mass is 10.3. The first kappa shape index (κ1) is 13.8. The van der Waals surface area contributed by atoms with Gasteiger partial charge in [0.25, 0.3) is 11.1 Å². The number of imide groups is 1. The first-order chi connectivity index (χ1) is 9.08. The van der Waals surface area contributed by atoms with Crippen LogP contribution in [-0.4, -0.2) is 33.7 Å². The SMILES string of the molecule is O=C(O)CCCN1C(=O)S/C(=C\c2cccs2)C1=O. The molecule has 5 nitrogen and oxygen atoms in total. The molecule has 1 saturated heterocycles. The molecule has 2 amide bonds. The third kappa shape index (κ3) is 3.45. The van der Waals surface area contributed by atoms with Crippen LogP contribution in [0.1, 0.15) is 17.7 Å². The Morgan fingerprint density at radius 3 is 2.84 bits per heavy atom. The number of aliphatic carboxylic acids is 1. The van der Waals surface area contributed by atoms with Gasteiger partial charge in [-0.15, -0.1) is 11.3 Å². The minimum absolute atomic E-state index is 0.0499. The van der Waals surface area contributed by atoms with Crippen molar-refractivity contribution in [1.29, 1.82) is 0 Å². The fourth-order valence-corrected chi connectivity index (χ4v) is 3.17. The molecule has 2 heterocycles. The lowest BCUT2D eigenvalue weighted by Crippen LogP contribution is -2.29. The van der Waals surface area contributed by atoms with Crippen LogP contribution in [-0.2, 0) is 9.59 Å². The first-order valence-corrected chi connectivity index (χ1v) is 7.28. The van der Waals surface area contributed by atoms with Gasteiger partial charge in [-0.05, 0) is 35.7 Å². The Morgan fingerprint density at radius 2 is 2.21 bits per heavy atom. The number of carbonyl (C=O) groups is 3. The van der Waals surface area contributed by atoms with E-state index in [2.05, 4.69) is 0 Å². The number of hydrogen-bond donors (Lipinski definition) is 1. The molecule has 0 atom stereocenters. The van der Waals surface area contributed by atoms with Gasteiger partial charge in [0.1, 0.15) is 0 Å². The maximum atomic E-state index is 12.0. The summed E-state index contributed by atoms with van der Waals surface area (Å²) in [6.07, 6.45) is 1.91. The van der Waals surface area contributed by atoms with Gasteiger partial charge in [0.15, 0.2) is 0 Å². The van der Waals surface area contributed by atoms with Crippen molar-refractivity contribution in [2.75, 3.05) is 6.54 Å². The summed E-state index contributed by atoms with van der Waals surface area (Å²) in [5, 5.41) is 10.1. The molecule has 2 rings (SSSR count). The number of thiophene rings is 1. The maximum Gasteiger partial charge on any atom is 0.303 e. The Hall–Kier alpha value is -1.60. The van der Waals surface area contributed by atoms with E-state index in [-0.39, 0.29) is 30.5 Å². The predicted molar refractivity (Wildman–Crippen MR) is 73.9 cm³/mol. The molecule has 0 radical (unpaired) electrons. The van der Waals surface area contributed by atoms with Crippen molar-refractivity contribution in [2.45, 2.75) is 12.8 Å². The van der Waals surface area contributed by atoms with E-state index in [1.165, 1.54) is 11.3 Å². The van der Waals surface area contributed by atoms with Crippen LogP contribution in [0.5, 0.6) is 0 Å².